The predicted molar refractivity (Wildman–Crippen MR) is 79.3 cm³/mol. The van der Waals surface area contributed by atoms with Crippen LogP contribution in [-0.2, 0) is 0 Å². The molecule has 3 rings (SSSR count). The minimum Gasteiger partial charge on any atom is -0.362 e. The Labute approximate surface area is 112 Å². The van der Waals surface area contributed by atoms with Crippen molar-refractivity contribution >= 4 is 16.7 Å². The number of pyridine rings is 1. The number of benzene rings is 1. The van der Waals surface area contributed by atoms with E-state index in [2.05, 4.69) is 59.5 Å². The molecule has 0 spiro atoms. The van der Waals surface area contributed by atoms with E-state index in [4.69, 9.17) is 0 Å². The number of nitrogens with zero attached hydrogens (tertiary/aromatic N) is 1. The van der Waals surface area contributed by atoms with Crippen LogP contribution in [0.1, 0.15) is 24.2 Å². The maximum Gasteiger partial charge on any atom is 0.150 e. The highest BCUT2D eigenvalue weighted by atomic mass is 15.0. The Hall–Kier alpha value is -2.29. The third kappa shape index (κ3) is 2.32. The summed E-state index contributed by atoms with van der Waals surface area (Å²) >= 11 is 0. The number of aromatic nitrogens is 2. The van der Waals surface area contributed by atoms with E-state index in [0.717, 1.165) is 17.0 Å². The number of hydrogen-bond acceptors (Lipinski definition) is 2. The fourth-order valence-corrected chi connectivity index (χ4v) is 2.33. The molecule has 1 unspecified atom stereocenters. The lowest BCUT2D eigenvalue weighted by atomic mass is 10.1. The fourth-order valence-electron chi connectivity index (χ4n) is 2.33. The zero-order valence-corrected chi connectivity index (χ0v) is 11.1. The highest BCUT2D eigenvalue weighted by Crippen LogP contribution is 2.24. The lowest BCUT2D eigenvalue weighted by molar-refractivity contribution is 0.877. The molecule has 2 aromatic heterocycles. The third-order valence-corrected chi connectivity index (χ3v) is 3.33. The monoisotopic (exact) mass is 251 g/mol. The summed E-state index contributed by atoms with van der Waals surface area (Å²) in [4.78, 5) is 7.80. The van der Waals surface area contributed by atoms with Gasteiger partial charge in [-0.05, 0) is 31.5 Å². The highest BCUT2D eigenvalue weighted by Gasteiger charge is 2.09. The molecule has 0 saturated heterocycles. The second-order valence-electron chi connectivity index (χ2n) is 4.85. The molecule has 96 valence electrons. The van der Waals surface area contributed by atoms with Crippen molar-refractivity contribution in [2.75, 3.05) is 5.32 Å². The molecule has 0 aliphatic carbocycles. The van der Waals surface area contributed by atoms with Gasteiger partial charge in [-0.2, -0.15) is 0 Å². The Morgan fingerprint density at radius 1 is 1.16 bits per heavy atom. The van der Waals surface area contributed by atoms with Gasteiger partial charge in [0.2, 0.25) is 0 Å². The molecule has 0 saturated carbocycles. The van der Waals surface area contributed by atoms with E-state index in [1.54, 1.807) is 0 Å². The van der Waals surface area contributed by atoms with Crippen molar-refractivity contribution in [2.24, 2.45) is 0 Å². The van der Waals surface area contributed by atoms with Crippen LogP contribution < -0.4 is 5.32 Å². The maximum absolute atomic E-state index is 4.44. The molecule has 2 heterocycles. The molecule has 2 N–H and O–H groups in total. The number of aryl methyl sites for hydroxylation is 1. The molecule has 3 nitrogen and oxygen atoms in total. The number of anilines is 1. The van der Waals surface area contributed by atoms with E-state index in [9.17, 15) is 0 Å². The molecule has 0 amide bonds. The summed E-state index contributed by atoms with van der Waals surface area (Å²) in [5.41, 5.74) is 3.48. The maximum atomic E-state index is 4.44. The molecular formula is C16H17N3. The first-order valence-corrected chi connectivity index (χ1v) is 6.50. The van der Waals surface area contributed by atoms with Crippen LogP contribution in [0.25, 0.3) is 10.9 Å². The molecule has 0 bridgehead atoms. The van der Waals surface area contributed by atoms with Gasteiger partial charge in [0, 0.05) is 17.3 Å². The summed E-state index contributed by atoms with van der Waals surface area (Å²) in [6, 6.07) is 14.8. The van der Waals surface area contributed by atoms with Crippen LogP contribution in [0.15, 0.2) is 48.7 Å². The molecule has 19 heavy (non-hydrogen) atoms. The first kappa shape index (κ1) is 11.8. The van der Waals surface area contributed by atoms with E-state index >= 15 is 0 Å². The lowest BCUT2D eigenvalue weighted by Crippen LogP contribution is -2.08. The second kappa shape index (κ2) is 4.76. The number of rotatable bonds is 3. The summed E-state index contributed by atoms with van der Waals surface area (Å²) < 4.78 is 0. The van der Waals surface area contributed by atoms with Gasteiger partial charge in [0.1, 0.15) is 0 Å². The van der Waals surface area contributed by atoms with Gasteiger partial charge in [-0.25, -0.2) is 4.98 Å². The van der Waals surface area contributed by atoms with Gasteiger partial charge in [0.25, 0.3) is 0 Å². The average molecular weight is 251 g/mol. The largest absolute Gasteiger partial charge is 0.362 e. The number of H-pyrrole nitrogens is 1. The smallest absolute Gasteiger partial charge is 0.150 e. The van der Waals surface area contributed by atoms with Gasteiger partial charge in [-0.3, -0.25) is 0 Å². The minimum atomic E-state index is 0.225. The van der Waals surface area contributed by atoms with E-state index in [-0.39, 0.29) is 6.04 Å². The van der Waals surface area contributed by atoms with E-state index in [1.807, 2.05) is 18.3 Å². The number of aromatic amines is 1. The second-order valence-corrected chi connectivity index (χ2v) is 4.85. The van der Waals surface area contributed by atoms with Crippen molar-refractivity contribution in [2.45, 2.75) is 19.9 Å². The Balaban J connectivity index is 1.93. The minimum absolute atomic E-state index is 0.225. The van der Waals surface area contributed by atoms with Gasteiger partial charge < -0.3 is 10.3 Å². The number of fused-ring (bicyclic) bond motifs is 1. The van der Waals surface area contributed by atoms with Crippen molar-refractivity contribution in [3.05, 3.63) is 59.9 Å². The predicted octanol–water partition coefficient (Wildman–Crippen LogP) is 4.04. The van der Waals surface area contributed by atoms with Crippen molar-refractivity contribution in [1.82, 2.24) is 9.97 Å². The van der Waals surface area contributed by atoms with Crippen LogP contribution in [0.2, 0.25) is 0 Å². The van der Waals surface area contributed by atoms with Crippen LogP contribution in [0.5, 0.6) is 0 Å². The van der Waals surface area contributed by atoms with Gasteiger partial charge in [0.05, 0.1) is 11.6 Å². The lowest BCUT2D eigenvalue weighted by Gasteiger charge is -2.15. The van der Waals surface area contributed by atoms with Gasteiger partial charge in [0.15, 0.2) is 5.82 Å². The first-order chi connectivity index (χ1) is 9.24. The molecule has 0 radical (unpaired) electrons. The molecule has 3 heteroatoms. The molecule has 3 aromatic rings. The zero-order valence-electron chi connectivity index (χ0n) is 11.1. The van der Waals surface area contributed by atoms with E-state index < -0.39 is 0 Å². The van der Waals surface area contributed by atoms with Crippen LogP contribution in [-0.4, -0.2) is 9.97 Å². The third-order valence-electron chi connectivity index (χ3n) is 3.33. The summed E-state index contributed by atoms with van der Waals surface area (Å²) in [6.07, 6.45) is 1.84. The molecule has 0 fully saturated rings. The Bertz CT molecular complexity index is 686. The van der Waals surface area contributed by atoms with Crippen LogP contribution in [0.4, 0.5) is 5.82 Å². The van der Waals surface area contributed by atoms with Gasteiger partial charge in [-0.15, -0.1) is 0 Å². The van der Waals surface area contributed by atoms with Gasteiger partial charge >= 0.3 is 0 Å². The molecule has 0 aliphatic rings. The SMILES string of the molecule is Cc1cc2ccnc(NC(C)c3ccccc3)c2[nH]1. The van der Waals surface area contributed by atoms with Crippen molar-refractivity contribution in [3.63, 3.8) is 0 Å². The molecule has 1 aromatic carbocycles. The van der Waals surface area contributed by atoms with Crippen LogP contribution in [0.3, 0.4) is 0 Å². The summed E-state index contributed by atoms with van der Waals surface area (Å²) in [6.45, 7) is 4.20. The van der Waals surface area contributed by atoms with Crippen LogP contribution in [0, 0.1) is 6.92 Å². The van der Waals surface area contributed by atoms with Crippen molar-refractivity contribution < 1.29 is 0 Å². The Morgan fingerprint density at radius 3 is 2.74 bits per heavy atom. The van der Waals surface area contributed by atoms with E-state index in [0.29, 0.717) is 0 Å². The van der Waals surface area contributed by atoms with E-state index in [1.165, 1.54) is 10.9 Å². The average Bonchev–Trinajstić information content (AvgIpc) is 2.81. The Kier molecular flexibility index (Phi) is 2.95. The molecule has 1 atom stereocenters. The number of hydrogen-bond donors (Lipinski definition) is 2. The van der Waals surface area contributed by atoms with Gasteiger partial charge in [-0.1, -0.05) is 30.3 Å². The summed E-state index contributed by atoms with van der Waals surface area (Å²) in [5.74, 6) is 0.905. The fraction of sp³-hybridized carbons (Fsp3) is 0.188. The number of nitrogens with one attached hydrogen (secondary N) is 2. The van der Waals surface area contributed by atoms with Crippen LogP contribution >= 0.6 is 0 Å². The normalized spacial score (nSPS) is 12.5. The Morgan fingerprint density at radius 2 is 1.95 bits per heavy atom. The highest BCUT2D eigenvalue weighted by molar-refractivity contribution is 5.89. The zero-order chi connectivity index (χ0) is 13.2. The van der Waals surface area contributed by atoms with Crippen molar-refractivity contribution in [3.8, 4) is 0 Å². The molecule has 0 aliphatic heterocycles. The first-order valence-electron chi connectivity index (χ1n) is 6.50. The summed E-state index contributed by atoms with van der Waals surface area (Å²) in [7, 11) is 0. The van der Waals surface area contributed by atoms with Crippen molar-refractivity contribution in [1.29, 1.82) is 0 Å². The standard InChI is InChI=1S/C16H17N3/c1-11-10-14-8-9-17-16(15(14)18-11)19-12(2)13-6-4-3-5-7-13/h3-10,12,18H,1-2H3,(H,17,19). The molecular weight excluding hydrogens is 234 g/mol. The quantitative estimate of drug-likeness (QED) is 0.737. The summed E-state index contributed by atoms with van der Waals surface area (Å²) in [5, 5.41) is 4.66. The topological polar surface area (TPSA) is 40.7 Å².